The van der Waals surface area contributed by atoms with Gasteiger partial charge >= 0.3 is 0 Å². The number of hydroxylamine groups is 1. The molecular formula is C27H32N6O4S. The fourth-order valence-corrected chi connectivity index (χ4v) is 6.39. The summed E-state index contributed by atoms with van der Waals surface area (Å²) in [6.45, 7) is 4.90. The molecule has 200 valence electrons. The van der Waals surface area contributed by atoms with Crippen LogP contribution >= 0.6 is 0 Å². The van der Waals surface area contributed by atoms with Gasteiger partial charge in [-0.1, -0.05) is 36.4 Å². The van der Waals surface area contributed by atoms with E-state index in [1.165, 1.54) is 48.2 Å². The predicted octanol–water partition coefficient (Wildman–Crippen LogP) is 2.41. The van der Waals surface area contributed by atoms with Gasteiger partial charge in [-0.3, -0.25) is 10.0 Å². The zero-order valence-electron chi connectivity index (χ0n) is 21.2. The van der Waals surface area contributed by atoms with Crippen LogP contribution in [0.5, 0.6) is 0 Å². The van der Waals surface area contributed by atoms with Crippen LogP contribution in [0.25, 0.3) is 11.1 Å². The van der Waals surface area contributed by atoms with Crippen molar-refractivity contribution in [2.45, 2.75) is 24.2 Å². The number of benzene rings is 2. The quantitative estimate of drug-likeness (QED) is 0.333. The number of sulfonamides is 1. The summed E-state index contributed by atoms with van der Waals surface area (Å²) in [4.78, 5) is 24.4. The van der Waals surface area contributed by atoms with Crippen molar-refractivity contribution in [1.82, 2.24) is 24.7 Å². The van der Waals surface area contributed by atoms with E-state index >= 15 is 0 Å². The normalized spacial score (nSPS) is 17.0. The summed E-state index contributed by atoms with van der Waals surface area (Å²) >= 11 is 0. The monoisotopic (exact) mass is 536 g/mol. The molecule has 2 N–H and O–H groups in total. The van der Waals surface area contributed by atoms with Gasteiger partial charge in [-0.05, 0) is 61.2 Å². The number of aromatic nitrogens is 2. The Morgan fingerprint density at radius 1 is 0.895 bits per heavy atom. The topological polar surface area (TPSA) is 119 Å². The van der Waals surface area contributed by atoms with Crippen molar-refractivity contribution in [1.29, 1.82) is 0 Å². The maximum atomic E-state index is 13.3. The maximum Gasteiger partial charge on any atom is 0.277 e. The first kappa shape index (κ1) is 26.2. The number of carbonyl (C=O) groups excluding carboxylic acids is 1. The first-order valence-corrected chi connectivity index (χ1v) is 14.3. The zero-order valence-corrected chi connectivity index (χ0v) is 22.0. The van der Waals surface area contributed by atoms with Gasteiger partial charge in [0.05, 0.1) is 10.5 Å². The Morgan fingerprint density at radius 2 is 1.58 bits per heavy atom. The van der Waals surface area contributed by atoms with Crippen molar-refractivity contribution in [2.24, 2.45) is 0 Å². The number of amides is 1. The molecule has 2 aliphatic heterocycles. The highest BCUT2D eigenvalue weighted by molar-refractivity contribution is 7.89. The highest BCUT2D eigenvalue weighted by Gasteiger charge is 2.29. The fraction of sp³-hybridized carbons (Fsp3) is 0.370. The molecule has 3 aromatic rings. The highest BCUT2D eigenvalue weighted by atomic mass is 32.2. The van der Waals surface area contributed by atoms with Crippen LogP contribution < -0.4 is 10.4 Å². The lowest BCUT2D eigenvalue weighted by Gasteiger charge is -2.34. The predicted molar refractivity (Wildman–Crippen MR) is 144 cm³/mol. The van der Waals surface area contributed by atoms with Crippen molar-refractivity contribution in [3.63, 3.8) is 0 Å². The standard InChI is InChI=1S/C27H32N6O4S/c34-26(30-35)24-19-28-27(29-20-24)32-14-16-33(17-15-32)38(36,37)25-8-6-22(7-9-25)23-5-3-4-21(18-23)10-13-31-11-1-2-12-31/h3-9,18-20,35H,1-2,10-17H2,(H,30,34). The van der Waals surface area contributed by atoms with Crippen molar-refractivity contribution in [2.75, 3.05) is 50.7 Å². The van der Waals surface area contributed by atoms with Crippen LogP contribution in [0.4, 0.5) is 5.95 Å². The summed E-state index contributed by atoms with van der Waals surface area (Å²) in [6, 6.07) is 15.6. The van der Waals surface area contributed by atoms with E-state index in [0.717, 1.165) is 24.1 Å². The average molecular weight is 537 g/mol. The summed E-state index contributed by atoms with van der Waals surface area (Å²) in [7, 11) is -3.63. The van der Waals surface area contributed by atoms with Gasteiger partial charge in [0.15, 0.2) is 0 Å². The van der Waals surface area contributed by atoms with Gasteiger partial charge in [0.25, 0.3) is 5.91 Å². The molecule has 0 radical (unpaired) electrons. The van der Waals surface area contributed by atoms with Gasteiger partial charge in [-0.2, -0.15) is 4.31 Å². The van der Waals surface area contributed by atoms with E-state index in [0.29, 0.717) is 32.1 Å². The number of hydrogen-bond donors (Lipinski definition) is 2. The van der Waals surface area contributed by atoms with Crippen LogP contribution in [0.1, 0.15) is 28.8 Å². The summed E-state index contributed by atoms with van der Waals surface area (Å²) in [5.74, 6) is -0.285. The molecule has 2 aromatic carbocycles. The number of anilines is 1. The molecule has 1 aromatic heterocycles. The Balaban J connectivity index is 1.20. The molecule has 38 heavy (non-hydrogen) atoms. The second kappa shape index (κ2) is 11.6. The van der Waals surface area contributed by atoms with E-state index in [9.17, 15) is 13.2 Å². The Bertz CT molecular complexity index is 1350. The lowest BCUT2D eigenvalue weighted by atomic mass is 10.0. The molecule has 0 saturated carbocycles. The summed E-state index contributed by atoms with van der Waals surface area (Å²) in [5.41, 5.74) is 5.05. The van der Waals surface area contributed by atoms with Crippen LogP contribution in [0, 0.1) is 0 Å². The first-order valence-electron chi connectivity index (χ1n) is 12.9. The summed E-state index contributed by atoms with van der Waals surface area (Å²) in [6.07, 6.45) is 6.24. The third-order valence-electron chi connectivity index (χ3n) is 7.19. The van der Waals surface area contributed by atoms with Gasteiger partial charge in [0.2, 0.25) is 16.0 Å². The van der Waals surface area contributed by atoms with Crippen molar-refractivity contribution < 1.29 is 18.4 Å². The molecule has 0 spiro atoms. The number of carbonyl (C=O) groups is 1. The molecule has 10 nitrogen and oxygen atoms in total. The summed E-state index contributed by atoms with van der Waals surface area (Å²) < 4.78 is 28.1. The third-order valence-corrected chi connectivity index (χ3v) is 9.10. The van der Waals surface area contributed by atoms with Crippen LogP contribution in [0.3, 0.4) is 0 Å². The van der Waals surface area contributed by atoms with Crippen LogP contribution in [-0.2, 0) is 16.4 Å². The Morgan fingerprint density at radius 3 is 2.24 bits per heavy atom. The van der Waals surface area contributed by atoms with E-state index in [-0.39, 0.29) is 10.5 Å². The van der Waals surface area contributed by atoms with E-state index < -0.39 is 15.9 Å². The molecule has 2 saturated heterocycles. The minimum atomic E-state index is -3.63. The molecule has 1 amide bonds. The number of rotatable bonds is 8. The molecule has 2 fully saturated rings. The second-order valence-electron chi connectivity index (χ2n) is 9.63. The average Bonchev–Trinajstić information content (AvgIpc) is 3.50. The largest absolute Gasteiger partial charge is 0.338 e. The number of nitrogens with one attached hydrogen (secondary N) is 1. The molecule has 5 rings (SSSR count). The maximum absolute atomic E-state index is 13.3. The molecule has 0 aliphatic carbocycles. The Kier molecular flexibility index (Phi) is 7.98. The number of piperazine rings is 1. The van der Waals surface area contributed by atoms with E-state index in [2.05, 4.69) is 39.1 Å². The number of nitrogens with zero attached hydrogens (tertiary/aromatic N) is 5. The second-order valence-corrected chi connectivity index (χ2v) is 11.6. The number of likely N-dealkylation sites (tertiary alicyclic amines) is 1. The SMILES string of the molecule is O=C(NO)c1cnc(N2CCN(S(=O)(=O)c3ccc(-c4cccc(CCN5CCCC5)c4)cc3)CC2)nc1. The fourth-order valence-electron chi connectivity index (χ4n) is 4.96. The van der Waals surface area contributed by atoms with E-state index in [4.69, 9.17) is 5.21 Å². The summed E-state index contributed by atoms with van der Waals surface area (Å²) in [5, 5.41) is 8.71. The van der Waals surface area contributed by atoms with E-state index in [1.54, 1.807) is 17.6 Å². The zero-order chi connectivity index (χ0) is 26.5. The number of hydrogen-bond acceptors (Lipinski definition) is 8. The van der Waals surface area contributed by atoms with Crippen LogP contribution in [0.2, 0.25) is 0 Å². The van der Waals surface area contributed by atoms with Crippen molar-refractivity contribution >= 4 is 21.9 Å². The lowest BCUT2D eigenvalue weighted by Crippen LogP contribution is -2.49. The van der Waals surface area contributed by atoms with E-state index in [1.807, 2.05) is 17.0 Å². The molecule has 11 heteroatoms. The van der Waals surface area contributed by atoms with Gasteiger partial charge in [-0.15, -0.1) is 0 Å². The molecule has 0 atom stereocenters. The Labute approximate surface area is 222 Å². The third kappa shape index (κ3) is 5.86. The lowest BCUT2D eigenvalue weighted by molar-refractivity contribution is 0.0705. The van der Waals surface area contributed by atoms with Gasteiger partial charge in [0, 0.05) is 45.1 Å². The molecule has 2 aliphatic rings. The Hall–Kier alpha value is -3.38. The van der Waals surface area contributed by atoms with Gasteiger partial charge < -0.3 is 9.80 Å². The minimum absolute atomic E-state index is 0.134. The van der Waals surface area contributed by atoms with Gasteiger partial charge in [0.1, 0.15) is 0 Å². The molecular weight excluding hydrogens is 504 g/mol. The molecule has 0 unspecified atom stereocenters. The molecule has 0 bridgehead atoms. The smallest absolute Gasteiger partial charge is 0.277 e. The van der Waals surface area contributed by atoms with Crippen LogP contribution in [-0.4, -0.2) is 84.5 Å². The van der Waals surface area contributed by atoms with Crippen molar-refractivity contribution in [3.8, 4) is 11.1 Å². The molecule has 3 heterocycles. The van der Waals surface area contributed by atoms with Crippen molar-refractivity contribution in [3.05, 3.63) is 72.1 Å². The van der Waals surface area contributed by atoms with Crippen LogP contribution in [0.15, 0.2) is 65.8 Å². The first-order chi connectivity index (χ1) is 18.4. The highest BCUT2D eigenvalue weighted by Crippen LogP contribution is 2.25. The minimum Gasteiger partial charge on any atom is -0.338 e. The van der Waals surface area contributed by atoms with Gasteiger partial charge in [-0.25, -0.2) is 23.9 Å².